The van der Waals surface area contributed by atoms with Gasteiger partial charge in [-0.05, 0) is 38.7 Å². The minimum absolute atomic E-state index is 0.209. The molecule has 1 aromatic carbocycles. The van der Waals surface area contributed by atoms with Gasteiger partial charge in [-0.2, -0.15) is 0 Å². The third-order valence-electron chi connectivity index (χ3n) is 10.4. The topological polar surface area (TPSA) is 189 Å². The van der Waals surface area contributed by atoms with E-state index >= 15 is 0 Å². The van der Waals surface area contributed by atoms with E-state index < -0.39 is 78.0 Å². The summed E-state index contributed by atoms with van der Waals surface area (Å²) < 4.78 is 16.7. The number of allylic oxidation sites excluding steroid dienone is 1. The molecule has 49 heavy (non-hydrogen) atoms. The Kier molecular flexibility index (Phi) is 16.4. The van der Waals surface area contributed by atoms with Crippen LogP contribution in [-0.2, 0) is 25.6 Å². The van der Waals surface area contributed by atoms with Gasteiger partial charge in [0, 0.05) is 29.6 Å². The van der Waals surface area contributed by atoms with E-state index in [1.54, 1.807) is 19.9 Å². The molecule has 14 atom stereocenters. The van der Waals surface area contributed by atoms with E-state index in [0.717, 1.165) is 11.1 Å². The molecule has 1 amide bonds. The Hall–Kier alpha value is -2.80. The van der Waals surface area contributed by atoms with E-state index in [1.165, 1.54) is 19.9 Å². The van der Waals surface area contributed by atoms with E-state index in [1.807, 2.05) is 71.0 Å². The van der Waals surface area contributed by atoms with Crippen molar-refractivity contribution in [2.75, 3.05) is 6.61 Å². The standard InChI is InChI=1S/C38H61NO10/c1-21(18-24(4)32(42)26(6)34(49-37(39)45)25(5)19-47-20-29-13-11-10-12-14-29)17-23(3)31(41)22(2)15-16-30(40)35-33(43)27(7)38(9,46)28(8)36(44)48-35/h10-17,22-28,30-35,40-43,46H,18-20H2,1-9H3,(H2,39,45)/b16-15-,21-17-/t22-,23-,24-,25-,26-,27-,28-,30-,31-,32+,33-,34-,35?,38-/m0/s1. The Labute approximate surface area is 292 Å². The number of aliphatic hydroxyl groups is 5. The van der Waals surface area contributed by atoms with Crippen LogP contribution in [0.15, 0.2) is 54.1 Å². The van der Waals surface area contributed by atoms with Crippen molar-refractivity contribution in [3.63, 3.8) is 0 Å². The molecule has 0 spiro atoms. The average molecular weight is 692 g/mol. The number of rotatable bonds is 17. The first-order chi connectivity index (χ1) is 22.8. The molecule has 11 heteroatoms. The van der Waals surface area contributed by atoms with Gasteiger partial charge in [-0.3, -0.25) is 4.79 Å². The van der Waals surface area contributed by atoms with Gasteiger partial charge < -0.3 is 45.5 Å². The number of ether oxygens (including phenoxy) is 3. The molecule has 1 heterocycles. The van der Waals surface area contributed by atoms with Gasteiger partial charge >= 0.3 is 12.1 Å². The van der Waals surface area contributed by atoms with Crippen LogP contribution in [0.5, 0.6) is 0 Å². The third kappa shape index (κ3) is 11.9. The highest BCUT2D eigenvalue weighted by Crippen LogP contribution is 2.36. The van der Waals surface area contributed by atoms with Crippen LogP contribution < -0.4 is 5.73 Å². The fraction of sp³-hybridized carbons (Fsp3) is 0.684. The van der Waals surface area contributed by atoms with Crippen molar-refractivity contribution in [1.82, 2.24) is 0 Å². The maximum atomic E-state index is 12.5. The molecule has 0 bridgehead atoms. The number of esters is 1. The van der Waals surface area contributed by atoms with Crippen LogP contribution >= 0.6 is 0 Å². The summed E-state index contributed by atoms with van der Waals surface area (Å²) >= 11 is 0. The molecule has 1 aromatic rings. The zero-order valence-electron chi connectivity index (χ0n) is 30.6. The molecule has 2 rings (SSSR count). The minimum Gasteiger partial charge on any atom is -0.456 e. The number of carbonyl (C=O) groups excluding carboxylic acids is 2. The predicted octanol–water partition coefficient (Wildman–Crippen LogP) is 4.13. The van der Waals surface area contributed by atoms with Gasteiger partial charge in [0.25, 0.3) is 0 Å². The summed E-state index contributed by atoms with van der Waals surface area (Å²) in [7, 11) is 0. The van der Waals surface area contributed by atoms with Gasteiger partial charge in [0.2, 0.25) is 0 Å². The molecule has 0 saturated carbocycles. The maximum Gasteiger partial charge on any atom is 0.404 e. The van der Waals surface area contributed by atoms with Crippen molar-refractivity contribution in [2.45, 2.75) is 118 Å². The Morgan fingerprint density at radius 3 is 2.20 bits per heavy atom. The summed E-state index contributed by atoms with van der Waals surface area (Å²) in [6.07, 6.45) is -1.68. The first-order valence-electron chi connectivity index (χ1n) is 17.4. The highest BCUT2D eigenvalue weighted by Gasteiger charge is 2.50. The second kappa shape index (κ2) is 19.0. The monoisotopic (exact) mass is 691 g/mol. The number of cyclic esters (lactones) is 1. The van der Waals surface area contributed by atoms with Crippen LogP contribution in [0.4, 0.5) is 4.79 Å². The quantitative estimate of drug-likeness (QED) is 0.102. The molecule has 0 aliphatic carbocycles. The van der Waals surface area contributed by atoms with E-state index in [-0.39, 0.29) is 17.8 Å². The number of nitrogens with two attached hydrogens (primary N) is 1. The van der Waals surface area contributed by atoms with Gasteiger partial charge in [-0.25, -0.2) is 4.79 Å². The van der Waals surface area contributed by atoms with Crippen molar-refractivity contribution >= 4 is 12.1 Å². The zero-order chi connectivity index (χ0) is 37.2. The molecule has 0 radical (unpaired) electrons. The van der Waals surface area contributed by atoms with Crippen molar-refractivity contribution in [1.29, 1.82) is 0 Å². The Morgan fingerprint density at radius 2 is 1.61 bits per heavy atom. The van der Waals surface area contributed by atoms with Crippen LogP contribution in [0.1, 0.15) is 74.3 Å². The molecule has 7 N–H and O–H groups in total. The largest absolute Gasteiger partial charge is 0.456 e. The smallest absolute Gasteiger partial charge is 0.404 e. The SMILES string of the molecule is C/C(=C/[C@H](C)[C@@H](O)[C@@H](C)/C=C\[C@H](O)C1OC(=O)[C@H](C)[C@@](C)(O)[C@@H](C)[C@@H]1O)C[C@H](C)[C@@H](O)[C@H](C)[C@@H](OC(N)=O)[C@@H](C)COCc1ccccc1. The lowest BCUT2D eigenvalue weighted by Crippen LogP contribution is -2.48. The van der Waals surface area contributed by atoms with Gasteiger partial charge in [0.1, 0.15) is 12.2 Å². The van der Waals surface area contributed by atoms with Crippen LogP contribution in [0, 0.1) is 41.4 Å². The molecule has 11 nitrogen and oxygen atoms in total. The number of hydrogen-bond donors (Lipinski definition) is 6. The van der Waals surface area contributed by atoms with E-state index in [9.17, 15) is 35.1 Å². The third-order valence-corrected chi connectivity index (χ3v) is 10.4. The molecule has 278 valence electrons. The van der Waals surface area contributed by atoms with Gasteiger partial charge in [0.05, 0.1) is 43.0 Å². The fourth-order valence-corrected chi connectivity index (χ4v) is 6.70. The number of amides is 1. The lowest BCUT2D eigenvalue weighted by molar-refractivity contribution is -0.164. The number of hydrogen-bond acceptors (Lipinski definition) is 10. The predicted molar refractivity (Wildman–Crippen MR) is 187 cm³/mol. The molecule has 1 unspecified atom stereocenters. The van der Waals surface area contributed by atoms with E-state index in [0.29, 0.717) is 19.6 Å². The van der Waals surface area contributed by atoms with Crippen LogP contribution in [0.3, 0.4) is 0 Å². The lowest BCUT2D eigenvalue weighted by atomic mass is 9.77. The lowest BCUT2D eigenvalue weighted by Gasteiger charge is -2.34. The second-order valence-corrected chi connectivity index (χ2v) is 14.6. The second-order valence-electron chi connectivity index (χ2n) is 14.6. The van der Waals surface area contributed by atoms with E-state index in [4.69, 9.17) is 19.9 Å². The highest BCUT2D eigenvalue weighted by molar-refractivity contribution is 5.74. The normalized spacial score (nSPS) is 29.1. The van der Waals surface area contributed by atoms with Crippen molar-refractivity contribution in [3.05, 3.63) is 59.7 Å². The fourth-order valence-electron chi connectivity index (χ4n) is 6.70. The molecular weight excluding hydrogens is 630 g/mol. The minimum atomic E-state index is -1.52. The molecule has 1 aliphatic rings. The Balaban J connectivity index is 2.00. The molecule has 1 saturated heterocycles. The maximum absolute atomic E-state index is 12.5. The number of primary amides is 1. The summed E-state index contributed by atoms with van der Waals surface area (Å²) in [6, 6.07) is 9.73. The Bertz CT molecular complexity index is 1240. The molecule has 1 fully saturated rings. The summed E-state index contributed by atoms with van der Waals surface area (Å²) in [6.45, 7) is 16.5. The van der Waals surface area contributed by atoms with Crippen LogP contribution in [0.2, 0.25) is 0 Å². The van der Waals surface area contributed by atoms with Crippen molar-refractivity contribution in [3.8, 4) is 0 Å². The summed E-state index contributed by atoms with van der Waals surface area (Å²) in [5.41, 5.74) is 5.86. The van der Waals surface area contributed by atoms with Crippen LogP contribution in [0.25, 0.3) is 0 Å². The number of benzene rings is 1. The first kappa shape index (κ1) is 42.4. The van der Waals surface area contributed by atoms with Crippen molar-refractivity contribution < 1.29 is 49.3 Å². The summed E-state index contributed by atoms with van der Waals surface area (Å²) in [5, 5.41) is 54.7. The van der Waals surface area contributed by atoms with Gasteiger partial charge in [-0.15, -0.1) is 0 Å². The molecular formula is C38H61NO10. The van der Waals surface area contributed by atoms with Crippen molar-refractivity contribution in [2.24, 2.45) is 47.2 Å². The molecule has 0 aromatic heterocycles. The summed E-state index contributed by atoms with van der Waals surface area (Å²) in [5.74, 6) is -3.91. The van der Waals surface area contributed by atoms with E-state index in [2.05, 4.69) is 0 Å². The Morgan fingerprint density at radius 1 is 1.00 bits per heavy atom. The number of aliphatic hydroxyl groups excluding tert-OH is 4. The van der Waals surface area contributed by atoms with Gasteiger partial charge in [-0.1, -0.05) is 95.7 Å². The van der Waals surface area contributed by atoms with Crippen LogP contribution in [-0.4, -0.2) is 86.4 Å². The highest BCUT2D eigenvalue weighted by atomic mass is 16.6. The average Bonchev–Trinajstić information content (AvgIpc) is 3.10. The summed E-state index contributed by atoms with van der Waals surface area (Å²) in [4.78, 5) is 24.3. The molecule has 1 aliphatic heterocycles. The zero-order valence-corrected chi connectivity index (χ0v) is 30.6. The first-order valence-corrected chi connectivity index (χ1v) is 17.4. The number of carbonyl (C=O) groups is 2. The van der Waals surface area contributed by atoms with Gasteiger partial charge in [0.15, 0.2) is 6.10 Å².